The third-order valence-electron chi connectivity index (χ3n) is 6.37. The van der Waals surface area contributed by atoms with E-state index in [4.69, 9.17) is 9.47 Å². The fourth-order valence-electron chi connectivity index (χ4n) is 4.05. The van der Waals surface area contributed by atoms with Gasteiger partial charge in [0, 0.05) is 25.5 Å². The van der Waals surface area contributed by atoms with Crippen LogP contribution in [0.5, 0.6) is 11.6 Å². The highest BCUT2D eigenvalue weighted by atomic mass is 32.2. The van der Waals surface area contributed by atoms with Crippen molar-refractivity contribution in [2.75, 3.05) is 14.2 Å². The van der Waals surface area contributed by atoms with E-state index in [1.165, 1.54) is 14.2 Å². The van der Waals surface area contributed by atoms with Crippen LogP contribution in [0.15, 0.2) is 48.8 Å². The van der Waals surface area contributed by atoms with Crippen LogP contribution in [0, 0.1) is 6.92 Å². The van der Waals surface area contributed by atoms with Crippen molar-refractivity contribution < 1.29 is 17.9 Å². The van der Waals surface area contributed by atoms with E-state index in [-0.39, 0.29) is 23.4 Å². The Balaban J connectivity index is 1.81. The highest BCUT2D eigenvalue weighted by molar-refractivity contribution is 7.91. The van der Waals surface area contributed by atoms with Crippen LogP contribution in [-0.4, -0.2) is 57.4 Å². The van der Waals surface area contributed by atoms with Gasteiger partial charge in [-0.05, 0) is 31.4 Å². The molecule has 0 radical (unpaired) electrons. The summed E-state index contributed by atoms with van der Waals surface area (Å²) in [5.41, 5.74) is 3.00. The molecule has 3 heterocycles. The Morgan fingerprint density at radius 1 is 1.00 bits per heavy atom. The molecule has 1 aromatic carbocycles. The molecule has 3 aromatic heterocycles. The van der Waals surface area contributed by atoms with Crippen LogP contribution in [-0.2, 0) is 22.6 Å². The maximum absolute atomic E-state index is 13.6. The maximum Gasteiger partial charge on any atom is 0.242 e. The standard InChI is InChI=1S/C25H30N6O4S/c1-16-7-9-19(10-8-16)17(2)18(3)36(32,33)15-22-27-28-24(20-12-14-30(4)29-20)31(22)23-21(34-5)11-13-26-25(23)35-6/h7-14,17-18H,15H2,1-6H3/t17-,18-/m0/s1. The molecule has 11 heteroatoms. The molecule has 36 heavy (non-hydrogen) atoms. The number of aryl methyl sites for hydroxylation is 2. The molecule has 0 fully saturated rings. The number of sulfone groups is 1. The fraction of sp³-hybridized carbons (Fsp3) is 0.360. The summed E-state index contributed by atoms with van der Waals surface area (Å²) in [6, 6.07) is 11.4. The van der Waals surface area contributed by atoms with Gasteiger partial charge in [0.1, 0.15) is 17.2 Å². The first-order chi connectivity index (χ1) is 17.2. The van der Waals surface area contributed by atoms with Gasteiger partial charge < -0.3 is 9.47 Å². The molecular weight excluding hydrogens is 480 g/mol. The SMILES string of the molecule is COc1ccnc(OC)c1-n1c(CS(=O)(=O)[C@@H](C)[C@H](C)c2ccc(C)cc2)nnc1-c1ccn(C)n1. The van der Waals surface area contributed by atoms with E-state index in [9.17, 15) is 8.42 Å². The molecule has 10 nitrogen and oxygen atoms in total. The van der Waals surface area contributed by atoms with E-state index < -0.39 is 15.1 Å². The van der Waals surface area contributed by atoms with E-state index in [1.54, 1.807) is 47.7 Å². The predicted octanol–water partition coefficient (Wildman–Crippen LogP) is 3.50. The number of methoxy groups -OCH3 is 2. The highest BCUT2D eigenvalue weighted by Gasteiger charge is 2.32. The van der Waals surface area contributed by atoms with Gasteiger partial charge in [-0.15, -0.1) is 10.2 Å². The van der Waals surface area contributed by atoms with Crippen molar-refractivity contribution in [2.45, 2.75) is 37.7 Å². The van der Waals surface area contributed by atoms with Gasteiger partial charge in [-0.3, -0.25) is 9.25 Å². The van der Waals surface area contributed by atoms with E-state index >= 15 is 0 Å². The van der Waals surface area contributed by atoms with E-state index in [0.717, 1.165) is 11.1 Å². The summed E-state index contributed by atoms with van der Waals surface area (Å²) in [7, 11) is 1.13. The van der Waals surface area contributed by atoms with Gasteiger partial charge in [0.2, 0.25) is 5.88 Å². The van der Waals surface area contributed by atoms with Crippen LogP contribution >= 0.6 is 0 Å². The highest BCUT2D eigenvalue weighted by Crippen LogP contribution is 2.35. The van der Waals surface area contributed by atoms with E-state index in [2.05, 4.69) is 20.3 Å². The van der Waals surface area contributed by atoms with Crippen LogP contribution in [0.2, 0.25) is 0 Å². The first-order valence-corrected chi connectivity index (χ1v) is 13.2. The number of ether oxygens (including phenoxy) is 2. The van der Waals surface area contributed by atoms with Crippen molar-refractivity contribution in [2.24, 2.45) is 7.05 Å². The predicted molar refractivity (Wildman–Crippen MR) is 136 cm³/mol. The molecule has 190 valence electrons. The number of benzene rings is 1. The molecule has 4 aromatic rings. The summed E-state index contributed by atoms with van der Waals surface area (Å²) >= 11 is 0. The van der Waals surface area contributed by atoms with Crippen LogP contribution in [0.25, 0.3) is 17.2 Å². The summed E-state index contributed by atoms with van der Waals surface area (Å²) in [6.45, 7) is 5.65. The van der Waals surface area contributed by atoms with Crippen molar-refractivity contribution in [1.82, 2.24) is 29.5 Å². The monoisotopic (exact) mass is 510 g/mol. The van der Waals surface area contributed by atoms with Crippen LogP contribution < -0.4 is 9.47 Å². The van der Waals surface area contributed by atoms with Crippen LogP contribution in [0.4, 0.5) is 0 Å². The molecule has 2 atom stereocenters. The third kappa shape index (κ3) is 4.83. The number of hydrogen-bond donors (Lipinski definition) is 0. The zero-order chi connectivity index (χ0) is 26.0. The van der Waals surface area contributed by atoms with Crippen molar-refractivity contribution in [3.8, 4) is 28.8 Å². The summed E-state index contributed by atoms with van der Waals surface area (Å²) in [5, 5.41) is 12.4. The maximum atomic E-state index is 13.6. The second-order valence-electron chi connectivity index (χ2n) is 8.73. The van der Waals surface area contributed by atoms with Gasteiger partial charge in [0.15, 0.2) is 27.2 Å². The molecule has 0 spiro atoms. The van der Waals surface area contributed by atoms with Gasteiger partial charge in [0.05, 0.1) is 19.5 Å². The van der Waals surface area contributed by atoms with Crippen molar-refractivity contribution in [3.63, 3.8) is 0 Å². The third-order valence-corrected chi connectivity index (χ3v) is 8.57. The number of rotatable bonds is 9. The minimum absolute atomic E-state index is 0.211. The zero-order valence-electron chi connectivity index (χ0n) is 21.2. The Bertz CT molecular complexity index is 1440. The lowest BCUT2D eigenvalue weighted by Gasteiger charge is -2.21. The molecule has 0 N–H and O–H groups in total. The lowest BCUT2D eigenvalue weighted by atomic mass is 9.97. The quantitative estimate of drug-likeness (QED) is 0.336. The largest absolute Gasteiger partial charge is 0.494 e. The van der Waals surface area contributed by atoms with E-state index in [0.29, 0.717) is 23.0 Å². The smallest absolute Gasteiger partial charge is 0.242 e. The molecule has 0 amide bonds. The van der Waals surface area contributed by atoms with E-state index in [1.807, 2.05) is 38.1 Å². The van der Waals surface area contributed by atoms with Gasteiger partial charge in [-0.2, -0.15) is 5.10 Å². The molecule has 0 aliphatic rings. The average Bonchev–Trinajstić information content (AvgIpc) is 3.48. The van der Waals surface area contributed by atoms with Gasteiger partial charge in [-0.1, -0.05) is 36.8 Å². The number of nitrogens with zero attached hydrogens (tertiary/aromatic N) is 6. The topological polar surface area (TPSA) is 114 Å². The van der Waals surface area contributed by atoms with Gasteiger partial charge in [0.25, 0.3) is 0 Å². The molecule has 0 aliphatic carbocycles. The normalized spacial score (nSPS) is 13.4. The summed E-state index contributed by atoms with van der Waals surface area (Å²) in [4.78, 5) is 4.30. The molecule has 4 rings (SSSR count). The molecular formula is C25H30N6O4S. The number of hydrogen-bond acceptors (Lipinski definition) is 8. The average molecular weight is 511 g/mol. The number of aromatic nitrogens is 6. The molecule has 0 saturated carbocycles. The lowest BCUT2D eigenvalue weighted by molar-refractivity contribution is 0.379. The van der Waals surface area contributed by atoms with Crippen molar-refractivity contribution >= 4 is 9.84 Å². The van der Waals surface area contributed by atoms with Crippen LogP contribution in [0.1, 0.15) is 36.7 Å². The Morgan fingerprint density at radius 3 is 2.33 bits per heavy atom. The molecule has 0 unspecified atom stereocenters. The Morgan fingerprint density at radius 2 is 1.72 bits per heavy atom. The minimum Gasteiger partial charge on any atom is -0.494 e. The molecule has 0 aliphatic heterocycles. The molecule has 0 saturated heterocycles. The summed E-state index contributed by atoms with van der Waals surface area (Å²) < 4.78 is 41.6. The Hall–Kier alpha value is -3.73. The molecule has 0 bridgehead atoms. The summed E-state index contributed by atoms with van der Waals surface area (Å²) in [5.74, 6) is 0.674. The minimum atomic E-state index is -3.66. The lowest BCUT2D eigenvalue weighted by Crippen LogP contribution is -2.26. The summed E-state index contributed by atoms with van der Waals surface area (Å²) in [6.07, 6.45) is 3.32. The zero-order valence-corrected chi connectivity index (χ0v) is 22.0. The van der Waals surface area contributed by atoms with Crippen molar-refractivity contribution in [1.29, 1.82) is 0 Å². The first kappa shape index (κ1) is 25.4. The van der Waals surface area contributed by atoms with Gasteiger partial charge >= 0.3 is 0 Å². The Kier molecular flexibility index (Phi) is 7.11. The van der Waals surface area contributed by atoms with Gasteiger partial charge in [-0.25, -0.2) is 13.4 Å². The second-order valence-corrected chi connectivity index (χ2v) is 11.1. The van der Waals surface area contributed by atoms with Crippen molar-refractivity contribution in [3.05, 3.63) is 65.7 Å². The number of pyridine rings is 1. The first-order valence-electron chi connectivity index (χ1n) is 11.5. The Labute approximate surface area is 210 Å². The van der Waals surface area contributed by atoms with Crippen LogP contribution in [0.3, 0.4) is 0 Å². The second kappa shape index (κ2) is 10.1. The fourth-order valence-corrected chi connectivity index (χ4v) is 5.64.